The van der Waals surface area contributed by atoms with Gasteiger partial charge in [-0.1, -0.05) is 30.3 Å². The van der Waals surface area contributed by atoms with Crippen LogP contribution in [0.4, 0.5) is 5.95 Å². The third kappa shape index (κ3) is 3.79. The van der Waals surface area contributed by atoms with Gasteiger partial charge in [0.2, 0.25) is 5.95 Å². The number of carboxylic acids is 1. The molecule has 0 fully saturated rings. The van der Waals surface area contributed by atoms with E-state index < -0.39 is 17.9 Å². The number of carboxylic acid groups (broad SMARTS) is 1. The van der Waals surface area contributed by atoms with Gasteiger partial charge in [0.25, 0.3) is 0 Å². The number of ether oxygens (including phenoxy) is 2. The Balaban J connectivity index is 1.97. The number of fused-ring (bicyclic) bond motifs is 1. The molecule has 31 heavy (non-hydrogen) atoms. The van der Waals surface area contributed by atoms with E-state index in [1.165, 1.54) is 0 Å². The number of anilines is 1. The van der Waals surface area contributed by atoms with Crippen LogP contribution in [0, 0.1) is 13.8 Å². The highest BCUT2D eigenvalue weighted by molar-refractivity contribution is 5.81. The monoisotopic (exact) mass is 419 g/mol. The molecular weight excluding hydrogens is 394 g/mol. The van der Waals surface area contributed by atoms with Crippen molar-refractivity contribution >= 4 is 11.9 Å². The summed E-state index contributed by atoms with van der Waals surface area (Å²) >= 11 is 0. The summed E-state index contributed by atoms with van der Waals surface area (Å²) in [4.78, 5) is 23.5. The maximum Gasteiger partial charge on any atom is 0.327 e. The van der Waals surface area contributed by atoms with E-state index in [1.807, 2.05) is 62.4 Å². The van der Waals surface area contributed by atoms with Gasteiger partial charge in [0, 0.05) is 23.9 Å². The lowest BCUT2D eigenvalue weighted by molar-refractivity contribution is -0.139. The van der Waals surface area contributed by atoms with E-state index >= 15 is 0 Å². The summed E-state index contributed by atoms with van der Waals surface area (Å²) < 4.78 is 11.0. The van der Waals surface area contributed by atoms with Crippen molar-refractivity contribution in [1.29, 1.82) is 0 Å². The summed E-state index contributed by atoms with van der Waals surface area (Å²) in [6, 6.07) is 14.5. The molecule has 0 amide bonds. The lowest BCUT2D eigenvalue weighted by Gasteiger charge is -2.41. The fourth-order valence-corrected chi connectivity index (χ4v) is 4.32. The summed E-state index contributed by atoms with van der Waals surface area (Å²) in [6.45, 7) is 4.11. The van der Waals surface area contributed by atoms with Crippen LogP contribution in [-0.2, 0) is 11.3 Å². The molecule has 160 valence electrons. The van der Waals surface area contributed by atoms with Crippen LogP contribution < -0.4 is 14.4 Å². The molecule has 2 atom stereocenters. The van der Waals surface area contributed by atoms with E-state index in [4.69, 9.17) is 9.47 Å². The first-order chi connectivity index (χ1) is 14.9. The number of hydrogen-bond acceptors (Lipinski definition) is 6. The first-order valence-electron chi connectivity index (χ1n) is 10.0. The molecule has 2 aromatic carbocycles. The van der Waals surface area contributed by atoms with Gasteiger partial charge in [0.15, 0.2) is 11.5 Å². The third-order valence-electron chi connectivity index (χ3n) is 5.61. The molecule has 3 aromatic rings. The minimum absolute atomic E-state index is 0.346. The molecule has 0 saturated heterocycles. The number of benzene rings is 2. The number of methoxy groups -OCH3 is 2. The van der Waals surface area contributed by atoms with Gasteiger partial charge in [-0.3, -0.25) is 0 Å². The number of rotatable bonds is 5. The second-order valence-electron chi connectivity index (χ2n) is 7.66. The highest BCUT2D eigenvalue weighted by Crippen LogP contribution is 2.44. The zero-order chi connectivity index (χ0) is 22.1. The third-order valence-corrected chi connectivity index (χ3v) is 5.61. The van der Waals surface area contributed by atoms with Crippen LogP contribution in [0.3, 0.4) is 0 Å². The predicted molar refractivity (Wildman–Crippen MR) is 117 cm³/mol. The fourth-order valence-electron chi connectivity index (χ4n) is 4.32. The number of nitrogens with zero attached hydrogens (tertiary/aromatic N) is 3. The molecule has 1 N–H and O–H groups in total. The molecule has 0 aliphatic carbocycles. The van der Waals surface area contributed by atoms with Crippen molar-refractivity contribution in [2.45, 2.75) is 32.4 Å². The Morgan fingerprint density at radius 2 is 1.61 bits per heavy atom. The number of aryl methyl sites for hydroxylation is 2. The highest BCUT2D eigenvalue weighted by Gasteiger charge is 2.42. The molecule has 2 heterocycles. The lowest BCUT2D eigenvalue weighted by Crippen LogP contribution is -2.49. The average molecular weight is 419 g/mol. The SMILES string of the molecule is COc1cc2c(cc1OC)C(c1ccccc1)C(C(=O)O)N(c1nc(C)cc(C)n1)C2. The Kier molecular flexibility index (Phi) is 5.50. The normalized spacial score (nSPS) is 17.7. The van der Waals surface area contributed by atoms with Crippen LogP contribution in [0.2, 0.25) is 0 Å². The standard InChI is InChI=1S/C24H25N3O4/c1-14-10-15(2)26-24(25-14)27-13-17-11-19(30-3)20(31-4)12-18(17)21(22(27)23(28)29)16-8-6-5-7-9-16/h5-12,21-22H,13H2,1-4H3,(H,28,29). The maximum absolute atomic E-state index is 12.6. The Labute approximate surface area is 181 Å². The predicted octanol–water partition coefficient (Wildman–Crippen LogP) is 3.72. The van der Waals surface area contributed by atoms with Crippen molar-refractivity contribution in [3.63, 3.8) is 0 Å². The quantitative estimate of drug-likeness (QED) is 0.675. The molecule has 0 saturated carbocycles. The van der Waals surface area contributed by atoms with Gasteiger partial charge in [0.05, 0.1) is 14.2 Å². The smallest absolute Gasteiger partial charge is 0.327 e. The van der Waals surface area contributed by atoms with E-state index in [-0.39, 0.29) is 0 Å². The molecule has 7 heteroatoms. The van der Waals surface area contributed by atoms with Crippen molar-refractivity contribution in [2.75, 3.05) is 19.1 Å². The molecule has 0 radical (unpaired) electrons. The van der Waals surface area contributed by atoms with Gasteiger partial charge in [0.1, 0.15) is 6.04 Å². The summed E-state index contributed by atoms with van der Waals surface area (Å²) in [5.74, 6) is 0.209. The summed E-state index contributed by atoms with van der Waals surface area (Å²) in [6.07, 6.45) is 0. The van der Waals surface area contributed by atoms with Crippen molar-refractivity contribution in [3.05, 3.63) is 76.6 Å². The van der Waals surface area contributed by atoms with Crippen molar-refractivity contribution in [2.24, 2.45) is 0 Å². The molecule has 4 rings (SSSR count). The van der Waals surface area contributed by atoms with Crippen LogP contribution in [0.5, 0.6) is 11.5 Å². The van der Waals surface area contributed by atoms with Crippen molar-refractivity contribution in [3.8, 4) is 11.5 Å². The molecule has 1 aliphatic heterocycles. The first-order valence-corrected chi connectivity index (χ1v) is 10.0. The number of carbonyl (C=O) groups is 1. The van der Waals surface area contributed by atoms with E-state index in [9.17, 15) is 9.90 Å². The van der Waals surface area contributed by atoms with Gasteiger partial charge in [-0.05, 0) is 48.7 Å². The molecule has 0 bridgehead atoms. The van der Waals surface area contributed by atoms with Crippen LogP contribution in [-0.4, -0.2) is 41.3 Å². The van der Waals surface area contributed by atoms with Gasteiger partial charge in [-0.15, -0.1) is 0 Å². The zero-order valence-electron chi connectivity index (χ0n) is 18.0. The highest BCUT2D eigenvalue weighted by atomic mass is 16.5. The number of hydrogen-bond donors (Lipinski definition) is 1. The van der Waals surface area contributed by atoms with Gasteiger partial charge < -0.3 is 19.5 Å². The van der Waals surface area contributed by atoms with Crippen molar-refractivity contribution < 1.29 is 19.4 Å². The van der Waals surface area contributed by atoms with Crippen LogP contribution in [0.25, 0.3) is 0 Å². The summed E-state index contributed by atoms with van der Waals surface area (Å²) in [5, 5.41) is 10.3. The Morgan fingerprint density at radius 1 is 1.00 bits per heavy atom. The Morgan fingerprint density at radius 3 is 2.19 bits per heavy atom. The number of aromatic nitrogens is 2. The molecule has 2 unspecified atom stereocenters. The van der Waals surface area contributed by atoms with Crippen LogP contribution in [0.15, 0.2) is 48.5 Å². The molecule has 7 nitrogen and oxygen atoms in total. The Hall–Kier alpha value is -3.61. The minimum Gasteiger partial charge on any atom is -0.493 e. The molecule has 1 aromatic heterocycles. The minimum atomic E-state index is -0.933. The first kappa shape index (κ1) is 20.7. The second kappa shape index (κ2) is 8.26. The summed E-state index contributed by atoms with van der Waals surface area (Å²) in [7, 11) is 3.17. The van der Waals surface area contributed by atoms with Crippen molar-refractivity contribution in [1.82, 2.24) is 9.97 Å². The van der Waals surface area contributed by atoms with E-state index in [0.717, 1.165) is 28.1 Å². The van der Waals surface area contributed by atoms with Crippen LogP contribution >= 0.6 is 0 Å². The average Bonchev–Trinajstić information content (AvgIpc) is 2.76. The summed E-state index contributed by atoms with van der Waals surface area (Å²) in [5.41, 5.74) is 4.34. The molecule has 0 spiro atoms. The van der Waals surface area contributed by atoms with E-state index in [1.54, 1.807) is 19.1 Å². The van der Waals surface area contributed by atoms with Gasteiger partial charge in [-0.25, -0.2) is 14.8 Å². The van der Waals surface area contributed by atoms with E-state index in [2.05, 4.69) is 9.97 Å². The largest absolute Gasteiger partial charge is 0.493 e. The second-order valence-corrected chi connectivity index (χ2v) is 7.66. The zero-order valence-corrected chi connectivity index (χ0v) is 18.0. The Bertz CT molecular complexity index is 1100. The molecular formula is C24H25N3O4. The maximum atomic E-state index is 12.6. The topological polar surface area (TPSA) is 84.8 Å². The lowest BCUT2D eigenvalue weighted by atomic mass is 9.78. The van der Waals surface area contributed by atoms with Gasteiger partial charge in [-0.2, -0.15) is 0 Å². The number of aliphatic carboxylic acids is 1. The van der Waals surface area contributed by atoms with Gasteiger partial charge >= 0.3 is 5.97 Å². The molecule has 1 aliphatic rings. The van der Waals surface area contributed by atoms with E-state index in [0.29, 0.717) is 24.0 Å². The fraction of sp³-hybridized carbons (Fsp3) is 0.292. The van der Waals surface area contributed by atoms with Crippen LogP contribution in [0.1, 0.15) is 34.0 Å².